The van der Waals surface area contributed by atoms with Gasteiger partial charge in [-0.15, -0.1) is 10.2 Å². The molecule has 0 spiro atoms. The van der Waals surface area contributed by atoms with Gasteiger partial charge in [-0.3, -0.25) is 9.48 Å². The first-order valence-electron chi connectivity index (χ1n) is 9.39. The van der Waals surface area contributed by atoms with E-state index in [1.54, 1.807) is 11.0 Å². The Hall–Kier alpha value is -3.03. The van der Waals surface area contributed by atoms with Crippen LogP contribution in [0.5, 0.6) is 0 Å². The normalized spacial score (nSPS) is 16.5. The Kier molecular flexibility index (Phi) is 5.22. The van der Waals surface area contributed by atoms with Gasteiger partial charge in [0.15, 0.2) is 5.82 Å². The molecule has 0 fully saturated rings. The van der Waals surface area contributed by atoms with E-state index in [1.165, 1.54) is 6.33 Å². The number of carbonyl (C=O) groups excluding carboxylic acids is 1. The maximum Gasteiger partial charge on any atom is 0.220 e. The molecule has 1 aliphatic heterocycles. The van der Waals surface area contributed by atoms with Crippen LogP contribution in [0.15, 0.2) is 43.0 Å². The second kappa shape index (κ2) is 8.11. The third-order valence-corrected chi connectivity index (χ3v) is 4.90. The first kappa shape index (κ1) is 17.4. The van der Waals surface area contributed by atoms with E-state index in [0.29, 0.717) is 13.0 Å². The Morgan fingerprint density at radius 3 is 2.89 bits per heavy atom. The molecule has 1 N–H and O–H groups in total. The number of fused-ring (bicyclic) bond motifs is 1. The Balaban J connectivity index is 1.31. The number of aromatic nitrogens is 6. The predicted molar refractivity (Wildman–Crippen MR) is 99.6 cm³/mol. The molecule has 0 bridgehead atoms. The summed E-state index contributed by atoms with van der Waals surface area (Å²) < 4.78 is 3.93. The third kappa shape index (κ3) is 4.21. The zero-order chi connectivity index (χ0) is 18.5. The summed E-state index contributed by atoms with van der Waals surface area (Å²) in [7, 11) is 0. The van der Waals surface area contributed by atoms with Crippen LogP contribution >= 0.6 is 0 Å². The summed E-state index contributed by atoms with van der Waals surface area (Å²) in [6.45, 7) is 1.52. The fraction of sp³-hybridized carbons (Fsp3) is 0.421. The molecule has 1 aliphatic rings. The van der Waals surface area contributed by atoms with Crippen LogP contribution in [0.3, 0.4) is 0 Å². The van der Waals surface area contributed by atoms with Crippen molar-refractivity contribution in [3.05, 3.63) is 48.8 Å². The molecule has 4 rings (SSSR count). The van der Waals surface area contributed by atoms with Crippen LogP contribution in [-0.4, -0.2) is 41.5 Å². The fourth-order valence-electron chi connectivity index (χ4n) is 3.48. The number of benzene rings is 1. The number of hydrogen-bond donors (Lipinski definition) is 1. The molecule has 2 aromatic heterocycles. The van der Waals surface area contributed by atoms with Crippen LogP contribution in [0.4, 0.5) is 0 Å². The Morgan fingerprint density at radius 2 is 2.07 bits per heavy atom. The van der Waals surface area contributed by atoms with E-state index in [1.807, 2.05) is 18.2 Å². The first-order chi connectivity index (χ1) is 13.3. The van der Waals surface area contributed by atoms with Gasteiger partial charge in [-0.1, -0.05) is 30.3 Å². The van der Waals surface area contributed by atoms with E-state index in [-0.39, 0.29) is 11.9 Å². The molecule has 0 radical (unpaired) electrons. The summed E-state index contributed by atoms with van der Waals surface area (Å²) in [5.41, 5.74) is 1.08. The maximum atomic E-state index is 12.3. The molecule has 3 heterocycles. The van der Waals surface area contributed by atoms with Crippen molar-refractivity contribution in [3.8, 4) is 11.4 Å². The maximum absolute atomic E-state index is 12.3. The van der Waals surface area contributed by atoms with Crippen LogP contribution in [0, 0.1) is 0 Å². The fourth-order valence-corrected chi connectivity index (χ4v) is 3.48. The van der Waals surface area contributed by atoms with Crippen molar-refractivity contribution < 1.29 is 4.79 Å². The van der Waals surface area contributed by atoms with Crippen LogP contribution in [0.1, 0.15) is 31.5 Å². The number of rotatable bonds is 6. The second-order valence-corrected chi connectivity index (χ2v) is 6.81. The highest BCUT2D eigenvalue weighted by Crippen LogP contribution is 2.22. The van der Waals surface area contributed by atoms with Gasteiger partial charge in [0.25, 0.3) is 0 Å². The average molecular weight is 365 g/mol. The molecule has 27 heavy (non-hydrogen) atoms. The van der Waals surface area contributed by atoms with E-state index >= 15 is 0 Å². The molecule has 3 aromatic rings. The number of amides is 1. The third-order valence-electron chi connectivity index (χ3n) is 4.90. The van der Waals surface area contributed by atoms with Crippen LogP contribution < -0.4 is 5.32 Å². The van der Waals surface area contributed by atoms with E-state index in [9.17, 15) is 4.79 Å². The largest absolute Gasteiger partial charge is 0.353 e. The SMILES string of the molecule is O=C(CCCn1cncn1)NC1CCc2nnc(-c3ccccc3)n2CC1. The Bertz CT molecular complexity index is 873. The minimum absolute atomic E-state index is 0.0982. The standard InChI is InChI=1S/C19H23N7O/c27-18(7-4-11-25-14-20-13-21-25)22-16-8-9-17-23-24-19(26(17)12-10-16)15-5-2-1-3-6-15/h1-3,5-6,13-14,16H,4,7-12H2,(H,22,27). The molecule has 1 aromatic carbocycles. The molecule has 140 valence electrons. The van der Waals surface area contributed by atoms with Crippen molar-refractivity contribution in [2.24, 2.45) is 0 Å². The lowest BCUT2D eigenvalue weighted by molar-refractivity contribution is -0.122. The van der Waals surface area contributed by atoms with Crippen molar-refractivity contribution >= 4 is 5.91 Å². The van der Waals surface area contributed by atoms with Gasteiger partial charge >= 0.3 is 0 Å². The first-order valence-corrected chi connectivity index (χ1v) is 9.39. The van der Waals surface area contributed by atoms with Crippen molar-refractivity contribution in [1.29, 1.82) is 0 Å². The summed E-state index contributed by atoms with van der Waals surface area (Å²) in [5.74, 6) is 2.00. The zero-order valence-electron chi connectivity index (χ0n) is 15.2. The zero-order valence-corrected chi connectivity index (χ0v) is 15.2. The smallest absolute Gasteiger partial charge is 0.220 e. The molecular formula is C19H23N7O. The molecular weight excluding hydrogens is 342 g/mol. The summed E-state index contributed by atoms with van der Waals surface area (Å²) in [6, 6.07) is 10.3. The van der Waals surface area contributed by atoms with Gasteiger partial charge in [0, 0.05) is 37.5 Å². The summed E-state index contributed by atoms with van der Waals surface area (Å²) >= 11 is 0. The summed E-state index contributed by atoms with van der Waals surface area (Å²) in [5, 5.41) is 16.0. The lowest BCUT2D eigenvalue weighted by Crippen LogP contribution is -2.35. The Morgan fingerprint density at radius 1 is 1.19 bits per heavy atom. The van der Waals surface area contributed by atoms with Gasteiger partial charge in [0.05, 0.1) is 0 Å². The van der Waals surface area contributed by atoms with Gasteiger partial charge in [-0.05, 0) is 19.3 Å². The molecule has 0 saturated carbocycles. The monoisotopic (exact) mass is 365 g/mol. The minimum Gasteiger partial charge on any atom is -0.353 e. The molecule has 1 amide bonds. The summed E-state index contributed by atoms with van der Waals surface area (Å²) in [4.78, 5) is 16.2. The molecule has 8 heteroatoms. The molecule has 8 nitrogen and oxygen atoms in total. The van der Waals surface area contributed by atoms with E-state index in [0.717, 1.165) is 49.4 Å². The summed E-state index contributed by atoms with van der Waals surface area (Å²) in [6.07, 6.45) is 7.03. The highest BCUT2D eigenvalue weighted by Gasteiger charge is 2.21. The van der Waals surface area contributed by atoms with Crippen LogP contribution in [0.25, 0.3) is 11.4 Å². The van der Waals surface area contributed by atoms with Crippen LogP contribution in [0.2, 0.25) is 0 Å². The minimum atomic E-state index is 0.0982. The number of nitrogens with zero attached hydrogens (tertiary/aromatic N) is 6. The average Bonchev–Trinajstić information content (AvgIpc) is 3.30. The highest BCUT2D eigenvalue weighted by atomic mass is 16.1. The number of hydrogen-bond acceptors (Lipinski definition) is 5. The molecule has 1 atom stereocenters. The van der Waals surface area contributed by atoms with Gasteiger partial charge in [-0.2, -0.15) is 5.10 Å². The van der Waals surface area contributed by atoms with Gasteiger partial charge < -0.3 is 9.88 Å². The van der Waals surface area contributed by atoms with E-state index < -0.39 is 0 Å². The van der Waals surface area contributed by atoms with Gasteiger partial charge in [0.1, 0.15) is 18.5 Å². The number of nitrogens with one attached hydrogen (secondary N) is 1. The topological polar surface area (TPSA) is 90.5 Å². The van der Waals surface area contributed by atoms with Crippen molar-refractivity contribution in [2.45, 2.75) is 51.2 Å². The second-order valence-electron chi connectivity index (χ2n) is 6.81. The van der Waals surface area contributed by atoms with Gasteiger partial charge in [0.2, 0.25) is 5.91 Å². The Labute approximate surface area is 157 Å². The van der Waals surface area contributed by atoms with Crippen molar-refractivity contribution in [3.63, 3.8) is 0 Å². The quantitative estimate of drug-likeness (QED) is 0.720. The predicted octanol–water partition coefficient (Wildman–Crippen LogP) is 1.84. The van der Waals surface area contributed by atoms with E-state index in [4.69, 9.17) is 0 Å². The van der Waals surface area contributed by atoms with Crippen LogP contribution in [-0.2, 0) is 24.3 Å². The number of aryl methyl sites for hydroxylation is 2. The van der Waals surface area contributed by atoms with Crippen molar-refractivity contribution in [1.82, 2.24) is 34.8 Å². The van der Waals surface area contributed by atoms with Crippen molar-refractivity contribution in [2.75, 3.05) is 0 Å². The van der Waals surface area contributed by atoms with E-state index in [2.05, 4.69) is 42.3 Å². The van der Waals surface area contributed by atoms with Gasteiger partial charge in [-0.25, -0.2) is 4.98 Å². The lowest BCUT2D eigenvalue weighted by atomic mass is 10.1. The molecule has 1 unspecified atom stereocenters. The number of carbonyl (C=O) groups is 1. The molecule has 0 aliphatic carbocycles. The lowest BCUT2D eigenvalue weighted by Gasteiger charge is -2.16. The molecule has 0 saturated heterocycles. The highest BCUT2D eigenvalue weighted by molar-refractivity contribution is 5.76.